The molecule has 0 radical (unpaired) electrons. The fourth-order valence-corrected chi connectivity index (χ4v) is 1.58. The zero-order valence-electron chi connectivity index (χ0n) is 8.83. The van der Waals surface area contributed by atoms with Crippen LogP contribution in [0.1, 0.15) is 36.5 Å². The van der Waals surface area contributed by atoms with Gasteiger partial charge < -0.3 is 0 Å². The third-order valence-corrected chi connectivity index (χ3v) is 2.31. The van der Waals surface area contributed by atoms with Gasteiger partial charge in [-0.1, -0.05) is 32.0 Å². The number of benzene rings is 1. The zero-order valence-corrected chi connectivity index (χ0v) is 8.83. The Kier molecular flexibility index (Phi) is 3.24. The minimum Gasteiger partial charge on any atom is -0.296 e. The highest BCUT2D eigenvalue weighted by Gasteiger charge is 2.04. The van der Waals surface area contributed by atoms with Gasteiger partial charge in [-0.3, -0.25) is 4.99 Å². The molecule has 0 saturated heterocycles. The number of hydrogen-bond acceptors (Lipinski definition) is 1. The summed E-state index contributed by atoms with van der Waals surface area (Å²) in [6.07, 6.45) is 1.92. The third-order valence-electron chi connectivity index (χ3n) is 2.31. The number of nitrogens with zero attached hydrogens (tertiary/aromatic N) is 1. The molecule has 0 N–H and O–H groups in total. The number of rotatable bonds is 2. The lowest BCUT2D eigenvalue weighted by molar-refractivity contribution is 0.856. The van der Waals surface area contributed by atoms with Crippen LogP contribution >= 0.6 is 0 Å². The Labute approximate surface area is 80.5 Å². The van der Waals surface area contributed by atoms with Crippen LogP contribution in [0, 0.1) is 6.92 Å². The minimum atomic E-state index is 0.588. The average Bonchev–Trinajstić information content (AvgIpc) is 2.08. The summed E-state index contributed by atoms with van der Waals surface area (Å²) in [6.45, 7) is 6.59. The van der Waals surface area contributed by atoms with Gasteiger partial charge in [-0.25, -0.2) is 0 Å². The standard InChI is InChI=1S/C12H17N/c1-9(2)12-7-5-6-11(8-13-4)10(12)3/h5-9H,1-4H3. The molecule has 0 spiro atoms. The van der Waals surface area contributed by atoms with Crippen LogP contribution in [-0.4, -0.2) is 13.3 Å². The van der Waals surface area contributed by atoms with Crippen molar-refractivity contribution in [1.82, 2.24) is 0 Å². The molecular weight excluding hydrogens is 158 g/mol. The van der Waals surface area contributed by atoms with Crippen LogP contribution in [0.5, 0.6) is 0 Å². The molecule has 0 aromatic heterocycles. The van der Waals surface area contributed by atoms with Crippen molar-refractivity contribution in [3.05, 3.63) is 34.9 Å². The molecule has 0 amide bonds. The number of hydrogen-bond donors (Lipinski definition) is 0. The van der Waals surface area contributed by atoms with E-state index in [0.717, 1.165) is 0 Å². The van der Waals surface area contributed by atoms with Crippen LogP contribution in [0.3, 0.4) is 0 Å². The first kappa shape index (κ1) is 9.97. The van der Waals surface area contributed by atoms with E-state index in [2.05, 4.69) is 44.0 Å². The summed E-state index contributed by atoms with van der Waals surface area (Å²) < 4.78 is 0. The highest BCUT2D eigenvalue weighted by molar-refractivity contribution is 5.82. The lowest BCUT2D eigenvalue weighted by atomic mass is 9.95. The lowest BCUT2D eigenvalue weighted by Gasteiger charge is -2.11. The van der Waals surface area contributed by atoms with Gasteiger partial charge in [-0.15, -0.1) is 0 Å². The number of aliphatic imine (C=N–C) groups is 1. The second-order valence-electron chi connectivity index (χ2n) is 3.60. The average molecular weight is 175 g/mol. The van der Waals surface area contributed by atoms with E-state index in [1.54, 1.807) is 0 Å². The summed E-state index contributed by atoms with van der Waals surface area (Å²) in [5, 5.41) is 0. The minimum absolute atomic E-state index is 0.588. The molecule has 0 heterocycles. The van der Waals surface area contributed by atoms with Crippen LogP contribution in [0.4, 0.5) is 0 Å². The van der Waals surface area contributed by atoms with Gasteiger partial charge in [0.15, 0.2) is 0 Å². The van der Waals surface area contributed by atoms with Crippen LogP contribution < -0.4 is 0 Å². The van der Waals surface area contributed by atoms with Gasteiger partial charge in [0, 0.05) is 13.3 Å². The van der Waals surface area contributed by atoms with Gasteiger partial charge in [-0.2, -0.15) is 0 Å². The Bertz CT molecular complexity index is 311. The summed E-state index contributed by atoms with van der Waals surface area (Å²) in [7, 11) is 1.81. The normalized spacial score (nSPS) is 11.5. The maximum Gasteiger partial charge on any atom is 0.0284 e. The highest BCUT2D eigenvalue weighted by atomic mass is 14.6. The van der Waals surface area contributed by atoms with Crippen molar-refractivity contribution < 1.29 is 0 Å². The largest absolute Gasteiger partial charge is 0.296 e. The topological polar surface area (TPSA) is 12.4 Å². The first-order chi connectivity index (χ1) is 6.16. The van der Waals surface area contributed by atoms with Crippen LogP contribution in [0.25, 0.3) is 0 Å². The van der Waals surface area contributed by atoms with E-state index in [9.17, 15) is 0 Å². The van der Waals surface area contributed by atoms with E-state index in [1.165, 1.54) is 16.7 Å². The van der Waals surface area contributed by atoms with Gasteiger partial charge in [0.1, 0.15) is 0 Å². The van der Waals surface area contributed by atoms with Gasteiger partial charge in [-0.05, 0) is 29.5 Å². The molecule has 13 heavy (non-hydrogen) atoms. The quantitative estimate of drug-likeness (QED) is 0.612. The third kappa shape index (κ3) is 2.18. The molecule has 0 fully saturated rings. The molecule has 70 valence electrons. The molecule has 0 aliphatic rings. The molecule has 1 heteroatoms. The molecular formula is C12H17N. The van der Waals surface area contributed by atoms with Gasteiger partial charge in [0.25, 0.3) is 0 Å². The van der Waals surface area contributed by atoms with E-state index in [1.807, 2.05) is 13.3 Å². The fourth-order valence-electron chi connectivity index (χ4n) is 1.58. The summed E-state index contributed by atoms with van der Waals surface area (Å²) >= 11 is 0. The van der Waals surface area contributed by atoms with Crippen molar-refractivity contribution in [3.63, 3.8) is 0 Å². The van der Waals surface area contributed by atoms with E-state index in [-0.39, 0.29) is 0 Å². The van der Waals surface area contributed by atoms with E-state index in [0.29, 0.717) is 5.92 Å². The molecule has 1 nitrogen and oxygen atoms in total. The van der Waals surface area contributed by atoms with Gasteiger partial charge >= 0.3 is 0 Å². The summed E-state index contributed by atoms with van der Waals surface area (Å²) in [6, 6.07) is 6.39. The Morgan fingerprint density at radius 2 is 2.00 bits per heavy atom. The van der Waals surface area contributed by atoms with E-state index >= 15 is 0 Å². The first-order valence-electron chi connectivity index (χ1n) is 4.68. The predicted molar refractivity (Wildman–Crippen MR) is 58.8 cm³/mol. The molecule has 0 bridgehead atoms. The van der Waals surface area contributed by atoms with Crippen molar-refractivity contribution in [2.24, 2.45) is 4.99 Å². The molecule has 1 aromatic rings. The molecule has 1 aromatic carbocycles. The maximum absolute atomic E-state index is 4.04. The first-order valence-corrected chi connectivity index (χ1v) is 4.68. The summed E-state index contributed by atoms with van der Waals surface area (Å²) in [5.41, 5.74) is 3.99. The van der Waals surface area contributed by atoms with Gasteiger partial charge in [0.2, 0.25) is 0 Å². The van der Waals surface area contributed by atoms with Crippen LogP contribution in [-0.2, 0) is 0 Å². The Hall–Kier alpha value is -1.11. The van der Waals surface area contributed by atoms with Gasteiger partial charge in [0.05, 0.1) is 0 Å². The summed E-state index contributed by atoms with van der Waals surface area (Å²) in [4.78, 5) is 4.04. The fraction of sp³-hybridized carbons (Fsp3) is 0.417. The maximum atomic E-state index is 4.04. The smallest absolute Gasteiger partial charge is 0.0284 e. The Morgan fingerprint density at radius 3 is 2.54 bits per heavy atom. The predicted octanol–water partition coefficient (Wildman–Crippen LogP) is 3.17. The molecule has 0 unspecified atom stereocenters. The van der Waals surface area contributed by atoms with Crippen LogP contribution in [0.2, 0.25) is 0 Å². The van der Waals surface area contributed by atoms with Crippen molar-refractivity contribution in [2.75, 3.05) is 7.05 Å². The highest BCUT2D eigenvalue weighted by Crippen LogP contribution is 2.20. The van der Waals surface area contributed by atoms with Crippen molar-refractivity contribution in [1.29, 1.82) is 0 Å². The SMILES string of the molecule is CN=Cc1cccc(C(C)C)c1C. The van der Waals surface area contributed by atoms with E-state index < -0.39 is 0 Å². The summed E-state index contributed by atoms with van der Waals surface area (Å²) in [5.74, 6) is 0.588. The Balaban J connectivity index is 3.18. The van der Waals surface area contributed by atoms with Crippen LogP contribution in [0.15, 0.2) is 23.2 Å². The zero-order chi connectivity index (χ0) is 9.84. The molecule has 0 atom stereocenters. The van der Waals surface area contributed by atoms with Crippen molar-refractivity contribution >= 4 is 6.21 Å². The molecule has 0 aliphatic carbocycles. The van der Waals surface area contributed by atoms with E-state index in [4.69, 9.17) is 0 Å². The molecule has 1 rings (SSSR count). The second-order valence-corrected chi connectivity index (χ2v) is 3.60. The molecule has 0 aliphatic heterocycles. The molecule has 0 saturated carbocycles. The van der Waals surface area contributed by atoms with Crippen molar-refractivity contribution in [3.8, 4) is 0 Å². The lowest BCUT2D eigenvalue weighted by Crippen LogP contribution is -1.96. The Morgan fingerprint density at radius 1 is 1.31 bits per heavy atom. The van der Waals surface area contributed by atoms with Crippen molar-refractivity contribution in [2.45, 2.75) is 26.7 Å². The monoisotopic (exact) mass is 175 g/mol. The second kappa shape index (κ2) is 4.22.